The number of hydrogen-bond acceptors (Lipinski definition) is 3. The number of Topliss-reactive ketones (excluding diaryl/α,β-unsaturated/α-hetero) is 1. The van der Waals surface area contributed by atoms with E-state index in [4.69, 9.17) is 5.73 Å². The number of ketones is 1. The van der Waals surface area contributed by atoms with Gasteiger partial charge in [-0.05, 0) is 30.9 Å². The Labute approximate surface area is 119 Å². The average Bonchev–Trinajstić information content (AvgIpc) is 2.47. The minimum absolute atomic E-state index is 0.124. The summed E-state index contributed by atoms with van der Waals surface area (Å²) in [6.45, 7) is 2.26. The van der Waals surface area contributed by atoms with Crippen molar-refractivity contribution in [1.29, 1.82) is 0 Å². The van der Waals surface area contributed by atoms with E-state index in [-0.39, 0.29) is 11.7 Å². The predicted molar refractivity (Wildman–Crippen MR) is 81.6 cm³/mol. The fraction of sp³-hybridized carbons (Fsp3) is 0.412. The van der Waals surface area contributed by atoms with E-state index in [1.54, 1.807) is 6.07 Å². The zero-order valence-electron chi connectivity index (χ0n) is 11.8. The number of nitrogens with zero attached hydrogens (tertiary/aromatic N) is 1. The molecule has 3 nitrogen and oxygen atoms in total. The van der Waals surface area contributed by atoms with Crippen molar-refractivity contribution in [2.45, 2.75) is 32.6 Å². The molecule has 104 valence electrons. The van der Waals surface area contributed by atoms with E-state index in [2.05, 4.69) is 11.9 Å². The van der Waals surface area contributed by atoms with Crippen LogP contribution in [0.15, 0.2) is 30.3 Å². The van der Waals surface area contributed by atoms with E-state index in [1.165, 1.54) is 0 Å². The summed E-state index contributed by atoms with van der Waals surface area (Å²) in [6, 6.07) is 9.44. The normalized spacial score (nSPS) is 22.9. The number of nitrogens with two attached hydrogens (primary N) is 1. The van der Waals surface area contributed by atoms with Crippen molar-refractivity contribution in [3.63, 3.8) is 0 Å². The number of fused-ring (bicyclic) bond motifs is 1. The molecular formula is C17H20N2O. The first-order valence-corrected chi connectivity index (χ1v) is 7.34. The van der Waals surface area contributed by atoms with Gasteiger partial charge in [-0.1, -0.05) is 38.0 Å². The molecular weight excluding hydrogens is 248 g/mol. The SMILES string of the molecule is CC1CCC(C(=O)c2cc(N)c3ccccc3n2)CC1. The van der Waals surface area contributed by atoms with E-state index in [9.17, 15) is 4.79 Å². The second kappa shape index (κ2) is 5.23. The molecule has 2 N–H and O–H groups in total. The second-order valence-corrected chi connectivity index (χ2v) is 5.93. The van der Waals surface area contributed by atoms with Crippen LogP contribution < -0.4 is 5.73 Å². The third-order valence-electron chi connectivity index (χ3n) is 4.39. The number of rotatable bonds is 2. The second-order valence-electron chi connectivity index (χ2n) is 5.93. The number of carbonyl (C=O) groups excluding carboxylic acids is 1. The number of benzene rings is 1. The Balaban J connectivity index is 1.92. The summed E-state index contributed by atoms with van der Waals surface area (Å²) >= 11 is 0. The third-order valence-corrected chi connectivity index (χ3v) is 4.39. The number of aromatic nitrogens is 1. The summed E-state index contributed by atoms with van der Waals surface area (Å²) in [6.07, 6.45) is 4.24. The molecule has 1 saturated carbocycles. The highest BCUT2D eigenvalue weighted by atomic mass is 16.1. The van der Waals surface area contributed by atoms with Crippen molar-refractivity contribution in [2.24, 2.45) is 11.8 Å². The van der Waals surface area contributed by atoms with E-state index in [0.29, 0.717) is 11.4 Å². The van der Waals surface area contributed by atoms with E-state index >= 15 is 0 Å². The molecule has 3 heteroatoms. The summed E-state index contributed by atoms with van der Waals surface area (Å²) in [5.41, 5.74) is 8.03. The Bertz CT molecular complexity index is 642. The Morgan fingerprint density at radius 3 is 2.65 bits per heavy atom. The van der Waals surface area contributed by atoms with Gasteiger partial charge in [0.25, 0.3) is 0 Å². The molecule has 0 radical (unpaired) electrons. The number of nitrogen functional groups attached to an aromatic ring is 1. The van der Waals surface area contributed by atoms with Crippen LogP contribution in [0.25, 0.3) is 10.9 Å². The molecule has 20 heavy (non-hydrogen) atoms. The largest absolute Gasteiger partial charge is 0.398 e. The number of para-hydroxylation sites is 1. The quantitative estimate of drug-likeness (QED) is 0.842. The molecule has 0 atom stereocenters. The molecule has 1 fully saturated rings. The molecule has 0 bridgehead atoms. The van der Waals surface area contributed by atoms with Crippen LogP contribution in [-0.4, -0.2) is 10.8 Å². The number of anilines is 1. The summed E-state index contributed by atoms with van der Waals surface area (Å²) in [5.74, 6) is 1.03. The van der Waals surface area contributed by atoms with Crippen LogP contribution in [0.5, 0.6) is 0 Å². The van der Waals surface area contributed by atoms with E-state index in [0.717, 1.165) is 42.5 Å². The molecule has 1 aromatic carbocycles. The van der Waals surface area contributed by atoms with Gasteiger partial charge in [0.05, 0.1) is 5.52 Å². The summed E-state index contributed by atoms with van der Waals surface area (Å²) in [4.78, 5) is 17.1. The molecule has 0 amide bonds. The maximum absolute atomic E-state index is 12.6. The summed E-state index contributed by atoms with van der Waals surface area (Å²) in [7, 11) is 0. The summed E-state index contributed by atoms with van der Waals surface area (Å²) in [5, 5.41) is 0.918. The molecule has 1 heterocycles. The van der Waals surface area contributed by atoms with Gasteiger partial charge in [-0.25, -0.2) is 4.98 Å². The molecule has 0 spiro atoms. The molecule has 2 aromatic rings. The minimum atomic E-state index is 0.124. The first-order chi connectivity index (χ1) is 9.65. The Hall–Kier alpha value is -1.90. The van der Waals surface area contributed by atoms with Gasteiger partial charge in [-0.2, -0.15) is 0 Å². The van der Waals surface area contributed by atoms with Crippen molar-refractivity contribution >= 4 is 22.4 Å². The van der Waals surface area contributed by atoms with Crippen molar-refractivity contribution in [3.8, 4) is 0 Å². The van der Waals surface area contributed by atoms with Crippen LogP contribution in [0.3, 0.4) is 0 Å². The molecule has 1 aromatic heterocycles. The third kappa shape index (κ3) is 2.40. The van der Waals surface area contributed by atoms with Crippen molar-refractivity contribution in [3.05, 3.63) is 36.0 Å². The van der Waals surface area contributed by atoms with Crippen molar-refractivity contribution in [1.82, 2.24) is 4.98 Å². The number of pyridine rings is 1. The highest BCUT2D eigenvalue weighted by molar-refractivity contribution is 6.01. The van der Waals surface area contributed by atoms with Crippen LogP contribution in [-0.2, 0) is 0 Å². The first-order valence-electron chi connectivity index (χ1n) is 7.34. The van der Waals surface area contributed by atoms with Crippen LogP contribution >= 0.6 is 0 Å². The topological polar surface area (TPSA) is 56.0 Å². The van der Waals surface area contributed by atoms with E-state index < -0.39 is 0 Å². The zero-order chi connectivity index (χ0) is 14.1. The standard InChI is InChI=1S/C17H20N2O/c1-11-6-8-12(9-7-11)17(20)16-10-14(18)13-4-2-3-5-15(13)19-16/h2-5,10-12H,6-9H2,1H3,(H2,18,19). The van der Waals surface area contributed by atoms with Gasteiger partial charge in [-0.3, -0.25) is 4.79 Å². The average molecular weight is 268 g/mol. The Kier molecular flexibility index (Phi) is 3.43. The minimum Gasteiger partial charge on any atom is -0.398 e. The molecule has 0 saturated heterocycles. The van der Waals surface area contributed by atoms with Crippen LogP contribution in [0.1, 0.15) is 43.1 Å². The Morgan fingerprint density at radius 1 is 1.20 bits per heavy atom. The Morgan fingerprint density at radius 2 is 1.90 bits per heavy atom. The van der Waals surface area contributed by atoms with Gasteiger partial charge in [0.2, 0.25) is 0 Å². The van der Waals surface area contributed by atoms with E-state index in [1.807, 2.05) is 24.3 Å². The summed E-state index contributed by atoms with van der Waals surface area (Å²) < 4.78 is 0. The monoisotopic (exact) mass is 268 g/mol. The highest BCUT2D eigenvalue weighted by Crippen LogP contribution is 2.31. The predicted octanol–water partition coefficient (Wildman–Crippen LogP) is 3.83. The van der Waals surface area contributed by atoms with Crippen molar-refractivity contribution in [2.75, 3.05) is 5.73 Å². The van der Waals surface area contributed by atoms with Crippen LogP contribution in [0.4, 0.5) is 5.69 Å². The van der Waals surface area contributed by atoms with Gasteiger partial charge in [-0.15, -0.1) is 0 Å². The number of carbonyl (C=O) groups is 1. The van der Waals surface area contributed by atoms with Gasteiger partial charge in [0.1, 0.15) is 5.69 Å². The molecule has 3 rings (SSSR count). The zero-order valence-corrected chi connectivity index (χ0v) is 11.8. The molecule has 0 aliphatic heterocycles. The lowest BCUT2D eigenvalue weighted by Crippen LogP contribution is -2.22. The van der Waals surface area contributed by atoms with Gasteiger partial charge in [0, 0.05) is 17.0 Å². The lowest BCUT2D eigenvalue weighted by atomic mass is 9.80. The van der Waals surface area contributed by atoms with Crippen molar-refractivity contribution < 1.29 is 4.79 Å². The molecule has 0 unspecified atom stereocenters. The number of hydrogen-bond donors (Lipinski definition) is 1. The van der Waals surface area contributed by atoms with Gasteiger partial charge in [0.15, 0.2) is 5.78 Å². The molecule has 1 aliphatic carbocycles. The smallest absolute Gasteiger partial charge is 0.184 e. The molecule has 1 aliphatic rings. The maximum atomic E-state index is 12.6. The van der Waals surface area contributed by atoms with Crippen LogP contribution in [0, 0.1) is 11.8 Å². The van der Waals surface area contributed by atoms with Gasteiger partial charge >= 0.3 is 0 Å². The first kappa shape index (κ1) is 13.1. The lowest BCUT2D eigenvalue weighted by molar-refractivity contribution is 0.0871. The van der Waals surface area contributed by atoms with Gasteiger partial charge < -0.3 is 5.73 Å². The lowest BCUT2D eigenvalue weighted by Gasteiger charge is -2.24. The maximum Gasteiger partial charge on any atom is 0.184 e. The fourth-order valence-electron chi connectivity index (χ4n) is 3.06. The van der Waals surface area contributed by atoms with Crippen LogP contribution in [0.2, 0.25) is 0 Å². The fourth-order valence-corrected chi connectivity index (χ4v) is 3.06. The highest BCUT2D eigenvalue weighted by Gasteiger charge is 2.26.